The molecule has 0 radical (unpaired) electrons. The van der Waals surface area contributed by atoms with Gasteiger partial charge in [0.25, 0.3) is 5.56 Å². The zero-order chi connectivity index (χ0) is 22.7. The summed E-state index contributed by atoms with van der Waals surface area (Å²) in [5.74, 6) is 1.16. The van der Waals surface area contributed by atoms with Gasteiger partial charge in [0.15, 0.2) is 17.3 Å². The second kappa shape index (κ2) is 9.38. The van der Waals surface area contributed by atoms with Crippen molar-refractivity contribution >= 4 is 34.1 Å². The molecule has 9 heteroatoms. The van der Waals surface area contributed by atoms with E-state index in [0.717, 1.165) is 5.56 Å². The number of para-hydroxylation sites is 1. The number of phenols is 1. The summed E-state index contributed by atoms with van der Waals surface area (Å²) in [4.78, 5) is 17.7. The third kappa shape index (κ3) is 4.59. The molecule has 1 aromatic heterocycles. The highest BCUT2D eigenvalue weighted by molar-refractivity contribution is 6.35. The molecule has 0 spiro atoms. The maximum absolute atomic E-state index is 13.2. The second-order valence-electron chi connectivity index (χ2n) is 6.89. The molecule has 0 atom stereocenters. The normalized spacial score (nSPS) is 10.8. The monoisotopic (exact) mass is 471 g/mol. The lowest BCUT2D eigenvalue weighted by Gasteiger charge is -2.16. The Balaban J connectivity index is 1.65. The second-order valence-corrected chi connectivity index (χ2v) is 7.73. The van der Waals surface area contributed by atoms with Crippen LogP contribution in [0.15, 0.2) is 65.5 Å². The van der Waals surface area contributed by atoms with E-state index in [1.54, 1.807) is 54.6 Å². The SMILES string of the molecule is COc1ccc(CNn2c(COc3ccc(Cl)cc3Cl)nc3ccccc3c2=O)cc1O. The summed E-state index contributed by atoms with van der Waals surface area (Å²) in [7, 11) is 1.48. The molecule has 0 saturated heterocycles. The van der Waals surface area contributed by atoms with Gasteiger partial charge in [0, 0.05) is 5.02 Å². The summed E-state index contributed by atoms with van der Waals surface area (Å²) in [6.07, 6.45) is 0. The number of aromatic hydroxyl groups is 1. The van der Waals surface area contributed by atoms with Crippen LogP contribution in [0.1, 0.15) is 11.4 Å². The van der Waals surface area contributed by atoms with Gasteiger partial charge in [0.1, 0.15) is 12.4 Å². The van der Waals surface area contributed by atoms with E-state index in [1.807, 2.05) is 6.07 Å². The van der Waals surface area contributed by atoms with Crippen LogP contribution >= 0.6 is 23.2 Å². The Morgan fingerprint density at radius 2 is 1.84 bits per heavy atom. The number of ether oxygens (including phenoxy) is 2. The Bertz CT molecular complexity index is 1340. The van der Waals surface area contributed by atoms with Crippen LogP contribution < -0.4 is 20.5 Å². The van der Waals surface area contributed by atoms with Gasteiger partial charge in [-0.15, -0.1) is 0 Å². The predicted molar refractivity (Wildman–Crippen MR) is 125 cm³/mol. The number of nitrogens with zero attached hydrogens (tertiary/aromatic N) is 2. The largest absolute Gasteiger partial charge is 0.504 e. The van der Waals surface area contributed by atoms with Crippen LogP contribution in [0.25, 0.3) is 10.9 Å². The maximum atomic E-state index is 13.2. The molecule has 0 fully saturated rings. The van der Waals surface area contributed by atoms with Gasteiger partial charge in [-0.25, -0.2) is 9.66 Å². The first-order valence-electron chi connectivity index (χ1n) is 9.64. The Labute approximate surface area is 193 Å². The summed E-state index contributed by atoms with van der Waals surface area (Å²) in [5.41, 5.74) is 4.10. The van der Waals surface area contributed by atoms with Gasteiger partial charge in [0.2, 0.25) is 0 Å². The standard InChI is InChI=1S/C23H19Cl2N3O4/c1-31-21-8-6-14(10-19(21)29)12-26-28-22(13-32-20-9-7-15(24)11-17(20)25)27-18-5-3-2-4-16(18)23(28)30/h2-11,26,29H,12-13H2,1H3. The molecule has 0 aliphatic rings. The number of aromatic nitrogens is 2. The van der Waals surface area contributed by atoms with Gasteiger partial charge in [-0.2, -0.15) is 0 Å². The Hall–Kier alpha value is -3.42. The average Bonchev–Trinajstić information content (AvgIpc) is 2.78. The molecule has 2 N–H and O–H groups in total. The first-order chi connectivity index (χ1) is 15.5. The van der Waals surface area contributed by atoms with Crippen molar-refractivity contribution in [3.05, 3.63) is 92.5 Å². The first kappa shape index (κ1) is 21.8. The van der Waals surface area contributed by atoms with E-state index in [4.69, 9.17) is 32.7 Å². The van der Waals surface area contributed by atoms with E-state index in [9.17, 15) is 9.90 Å². The molecular formula is C23H19Cl2N3O4. The summed E-state index contributed by atoms with van der Waals surface area (Å²) >= 11 is 12.1. The number of benzene rings is 3. The lowest BCUT2D eigenvalue weighted by Crippen LogP contribution is -2.33. The van der Waals surface area contributed by atoms with Crippen LogP contribution in [0.5, 0.6) is 17.2 Å². The lowest BCUT2D eigenvalue weighted by atomic mass is 10.2. The minimum absolute atomic E-state index is 0.0109. The van der Waals surface area contributed by atoms with E-state index in [-0.39, 0.29) is 24.5 Å². The molecule has 7 nitrogen and oxygen atoms in total. The van der Waals surface area contributed by atoms with Crippen LogP contribution in [0.4, 0.5) is 0 Å². The maximum Gasteiger partial charge on any atom is 0.280 e. The zero-order valence-electron chi connectivity index (χ0n) is 17.0. The Morgan fingerprint density at radius 1 is 1.06 bits per heavy atom. The lowest BCUT2D eigenvalue weighted by molar-refractivity contribution is 0.290. The van der Waals surface area contributed by atoms with Gasteiger partial charge in [-0.05, 0) is 48.0 Å². The van der Waals surface area contributed by atoms with Crippen molar-refractivity contribution < 1.29 is 14.6 Å². The quantitative estimate of drug-likeness (QED) is 0.404. The molecule has 1 heterocycles. The van der Waals surface area contributed by atoms with Crippen molar-refractivity contribution in [3.63, 3.8) is 0 Å². The molecule has 4 rings (SSSR count). The van der Waals surface area contributed by atoms with Crippen LogP contribution in [0, 0.1) is 0 Å². The van der Waals surface area contributed by atoms with E-state index in [0.29, 0.717) is 38.3 Å². The molecule has 0 aliphatic carbocycles. The fourth-order valence-corrected chi connectivity index (χ4v) is 3.65. The number of methoxy groups -OCH3 is 1. The Morgan fingerprint density at radius 3 is 2.59 bits per heavy atom. The molecule has 32 heavy (non-hydrogen) atoms. The van der Waals surface area contributed by atoms with Gasteiger partial charge >= 0.3 is 0 Å². The minimum atomic E-state index is -0.269. The molecule has 3 aromatic carbocycles. The molecule has 0 bridgehead atoms. The number of nitrogens with one attached hydrogen (secondary N) is 1. The molecule has 164 valence electrons. The zero-order valence-corrected chi connectivity index (χ0v) is 18.5. The highest BCUT2D eigenvalue weighted by Crippen LogP contribution is 2.28. The summed E-state index contributed by atoms with van der Waals surface area (Å²) < 4.78 is 12.2. The average molecular weight is 472 g/mol. The highest BCUT2D eigenvalue weighted by Gasteiger charge is 2.13. The van der Waals surface area contributed by atoms with E-state index in [2.05, 4.69) is 10.4 Å². The molecule has 0 saturated carbocycles. The Kier molecular flexibility index (Phi) is 6.39. The number of hydrogen-bond acceptors (Lipinski definition) is 6. The van der Waals surface area contributed by atoms with Crippen LogP contribution in [-0.2, 0) is 13.2 Å². The van der Waals surface area contributed by atoms with Gasteiger partial charge < -0.3 is 20.0 Å². The first-order valence-corrected chi connectivity index (χ1v) is 10.4. The fourth-order valence-electron chi connectivity index (χ4n) is 3.19. The minimum Gasteiger partial charge on any atom is -0.504 e. The molecule has 0 unspecified atom stereocenters. The number of fused-ring (bicyclic) bond motifs is 1. The summed E-state index contributed by atoms with van der Waals surface area (Å²) in [5, 5.41) is 11.3. The van der Waals surface area contributed by atoms with Crippen molar-refractivity contribution in [2.75, 3.05) is 12.5 Å². The van der Waals surface area contributed by atoms with Crippen molar-refractivity contribution in [1.82, 2.24) is 9.66 Å². The smallest absolute Gasteiger partial charge is 0.280 e. The van der Waals surface area contributed by atoms with Gasteiger partial charge in [-0.3, -0.25) is 4.79 Å². The third-order valence-corrected chi connectivity index (χ3v) is 5.31. The van der Waals surface area contributed by atoms with E-state index < -0.39 is 0 Å². The third-order valence-electron chi connectivity index (χ3n) is 4.78. The molecular weight excluding hydrogens is 453 g/mol. The number of halogens is 2. The van der Waals surface area contributed by atoms with Crippen molar-refractivity contribution in [1.29, 1.82) is 0 Å². The molecule has 4 aromatic rings. The van der Waals surface area contributed by atoms with Crippen molar-refractivity contribution in [2.24, 2.45) is 0 Å². The summed E-state index contributed by atoms with van der Waals surface area (Å²) in [6, 6.07) is 17.0. The van der Waals surface area contributed by atoms with Crippen LogP contribution in [0.2, 0.25) is 10.0 Å². The topological polar surface area (TPSA) is 85.6 Å². The van der Waals surface area contributed by atoms with Gasteiger partial charge in [-0.1, -0.05) is 41.4 Å². The van der Waals surface area contributed by atoms with Crippen molar-refractivity contribution in [2.45, 2.75) is 13.2 Å². The summed E-state index contributed by atoms with van der Waals surface area (Å²) in [6.45, 7) is 0.245. The molecule has 0 aliphatic heterocycles. The van der Waals surface area contributed by atoms with Crippen molar-refractivity contribution in [3.8, 4) is 17.2 Å². The van der Waals surface area contributed by atoms with Crippen LogP contribution in [-0.4, -0.2) is 21.9 Å². The van der Waals surface area contributed by atoms with E-state index in [1.165, 1.54) is 11.8 Å². The fraction of sp³-hybridized carbons (Fsp3) is 0.130. The number of rotatable bonds is 7. The molecule has 0 amide bonds. The highest BCUT2D eigenvalue weighted by atomic mass is 35.5. The predicted octanol–water partition coefficient (Wildman–Crippen LogP) is 4.74. The number of phenolic OH excluding ortho intramolecular Hbond substituents is 1. The number of hydrogen-bond donors (Lipinski definition) is 2. The van der Waals surface area contributed by atoms with Gasteiger partial charge in [0.05, 0.1) is 29.6 Å². The van der Waals surface area contributed by atoms with Crippen LogP contribution in [0.3, 0.4) is 0 Å². The van der Waals surface area contributed by atoms with E-state index >= 15 is 0 Å².